The van der Waals surface area contributed by atoms with Gasteiger partial charge in [-0.2, -0.15) is 0 Å². The molecule has 7 heteroatoms. The van der Waals surface area contributed by atoms with E-state index < -0.39 is 17.5 Å². The Bertz CT molecular complexity index is 616. The van der Waals surface area contributed by atoms with E-state index in [0.717, 1.165) is 5.56 Å². The number of imide groups is 1. The molecule has 0 spiro atoms. The highest BCUT2D eigenvalue weighted by Crippen LogP contribution is 2.21. The van der Waals surface area contributed by atoms with E-state index in [-0.39, 0.29) is 12.5 Å². The minimum absolute atomic E-state index is 0.137. The van der Waals surface area contributed by atoms with E-state index in [1.54, 1.807) is 18.7 Å². The summed E-state index contributed by atoms with van der Waals surface area (Å²) in [6, 6.07) is 9.10. The molecular weight excluding hydrogens is 308 g/mol. The molecule has 7 nitrogen and oxygen atoms in total. The van der Waals surface area contributed by atoms with E-state index >= 15 is 0 Å². The van der Waals surface area contributed by atoms with Gasteiger partial charge in [0.1, 0.15) is 12.1 Å². The first-order valence-electron chi connectivity index (χ1n) is 8.01. The number of carbonyl (C=O) groups is 3. The van der Waals surface area contributed by atoms with Crippen molar-refractivity contribution in [1.29, 1.82) is 0 Å². The van der Waals surface area contributed by atoms with Crippen LogP contribution in [0.2, 0.25) is 0 Å². The number of rotatable bonds is 7. The molecule has 0 aliphatic carbocycles. The highest BCUT2D eigenvalue weighted by atomic mass is 16.2. The van der Waals surface area contributed by atoms with Gasteiger partial charge in [-0.3, -0.25) is 14.9 Å². The fourth-order valence-electron chi connectivity index (χ4n) is 2.58. The zero-order chi connectivity index (χ0) is 17.7. The molecule has 1 aromatic carbocycles. The number of nitrogens with one attached hydrogen (secondary N) is 1. The van der Waals surface area contributed by atoms with Crippen molar-refractivity contribution in [3.05, 3.63) is 35.9 Å². The van der Waals surface area contributed by atoms with Crippen molar-refractivity contribution in [2.45, 2.75) is 32.4 Å². The monoisotopic (exact) mass is 332 g/mol. The van der Waals surface area contributed by atoms with Crippen LogP contribution in [0.25, 0.3) is 0 Å². The zero-order valence-corrected chi connectivity index (χ0v) is 14.1. The van der Waals surface area contributed by atoms with Crippen LogP contribution in [-0.2, 0) is 16.1 Å². The van der Waals surface area contributed by atoms with Gasteiger partial charge >= 0.3 is 6.03 Å². The van der Waals surface area contributed by atoms with Crippen LogP contribution < -0.4 is 11.1 Å². The molecule has 3 N–H and O–H groups in total. The van der Waals surface area contributed by atoms with Gasteiger partial charge in [-0.25, -0.2) is 4.79 Å². The average Bonchev–Trinajstić information content (AvgIpc) is 2.74. The molecule has 0 atom stereocenters. The maximum Gasteiger partial charge on any atom is 0.325 e. The SMILES string of the molecule is CC1(C)C(=O)NC(=O)N1CC(=O)N(CCCN)Cc1ccccc1. The van der Waals surface area contributed by atoms with Crippen molar-refractivity contribution in [2.24, 2.45) is 5.73 Å². The molecule has 0 saturated carbocycles. The van der Waals surface area contributed by atoms with Gasteiger partial charge in [-0.05, 0) is 32.4 Å². The van der Waals surface area contributed by atoms with E-state index in [9.17, 15) is 14.4 Å². The maximum atomic E-state index is 12.7. The van der Waals surface area contributed by atoms with Crippen molar-refractivity contribution >= 4 is 17.8 Å². The van der Waals surface area contributed by atoms with Crippen molar-refractivity contribution in [3.63, 3.8) is 0 Å². The number of amides is 4. The summed E-state index contributed by atoms with van der Waals surface area (Å²) in [6.07, 6.45) is 0.674. The lowest BCUT2D eigenvalue weighted by molar-refractivity contribution is -0.134. The van der Waals surface area contributed by atoms with Crippen LogP contribution in [0.1, 0.15) is 25.8 Å². The van der Waals surface area contributed by atoms with Gasteiger partial charge in [-0.1, -0.05) is 30.3 Å². The Labute approximate surface area is 141 Å². The van der Waals surface area contributed by atoms with Crippen molar-refractivity contribution in [3.8, 4) is 0 Å². The minimum Gasteiger partial charge on any atom is -0.337 e. The molecular formula is C17H24N4O3. The van der Waals surface area contributed by atoms with Gasteiger partial charge in [0.15, 0.2) is 0 Å². The van der Waals surface area contributed by atoms with Crippen LogP contribution in [0, 0.1) is 0 Å². The number of carbonyl (C=O) groups excluding carboxylic acids is 3. The third-order valence-corrected chi connectivity index (χ3v) is 4.19. The van der Waals surface area contributed by atoms with Crippen molar-refractivity contribution < 1.29 is 14.4 Å². The molecule has 4 amide bonds. The third kappa shape index (κ3) is 3.91. The number of nitrogens with zero attached hydrogens (tertiary/aromatic N) is 2. The van der Waals surface area contributed by atoms with E-state index in [1.807, 2.05) is 30.3 Å². The summed E-state index contributed by atoms with van der Waals surface area (Å²) in [7, 11) is 0. The molecule has 0 unspecified atom stereocenters. The second kappa shape index (κ2) is 7.44. The predicted molar refractivity (Wildman–Crippen MR) is 89.9 cm³/mol. The predicted octanol–water partition coefficient (Wildman–Crippen LogP) is 0.694. The highest BCUT2D eigenvalue weighted by Gasteiger charge is 2.46. The van der Waals surface area contributed by atoms with Gasteiger partial charge in [-0.15, -0.1) is 0 Å². The summed E-state index contributed by atoms with van der Waals surface area (Å²) in [4.78, 5) is 39.4. The number of urea groups is 1. The Morgan fingerprint density at radius 2 is 1.92 bits per heavy atom. The topological polar surface area (TPSA) is 95.7 Å². The van der Waals surface area contributed by atoms with Gasteiger partial charge in [0.25, 0.3) is 5.91 Å². The standard InChI is InChI=1S/C17H24N4O3/c1-17(2)15(23)19-16(24)21(17)12-14(22)20(10-6-9-18)11-13-7-4-3-5-8-13/h3-5,7-8H,6,9-12,18H2,1-2H3,(H,19,23,24). The Morgan fingerprint density at radius 3 is 2.46 bits per heavy atom. The van der Waals surface area contributed by atoms with Gasteiger partial charge in [0.05, 0.1) is 0 Å². The van der Waals surface area contributed by atoms with E-state index in [1.165, 1.54) is 4.90 Å². The lowest BCUT2D eigenvalue weighted by atomic mass is 10.0. The highest BCUT2D eigenvalue weighted by molar-refractivity contribution is 6.07. The molecule has 1 aliphatic rings. The molecule has 1 fully saturated rings. The molecule has 0 bridgehead atoms. The van der Waals surface area contributed by atoms with Gasteiger partial charge < -0.3 is 15.5 Å². The lowest BCUT2D eigenvalue weighted by Crippen LogP contribution is -2.49. The largest absolute Gasteiger partial charge is 0.337 e. The lowest BCUT2D eigenvalue weighted by Gasteiger charge is -2.30. The molecule has 1 heterocycles. The molecule has 0 aromatic heterocycles. The summed E-state index contributed by atoms with van der Waals surface area (Å²) < 4.78 is 0. The minimum atomic E-state index is -1.03. The normalized spacial score (nSPS) is 16.2. The molecule has 1 aliphatic heterocycles. The third-order valence-electron chi connectivity index (χ3n) is 4.19. The van der Waals surface area contributed by atoms with Gasteiger partial charge in [0.2, 0.25) is 5.91 Å². The second-order valence-electron chi connectivity index (χ2n) is 6.35. The van der Waals surface area contributed by atoms with Crippen molar-refractivity contribution in [1.82, 2.24) is 15.1 Å². The number of hydrogen-bond acceptors (Lipinski definition) is 4. The first kappa shape index (κ1) is 17.9. The Balaban J connectivity index is 2.10. The molecule has 1 saturated heterocycles. The van der Waals surface area contributed by atoms with E-state index in [2.05, 4.69) is 5.32 Å². The Morgan fingerprint density at radius 1 is 1.25 bits per heavy atom. The first-order valence-corrected chi connectivity index (χ1v) is 8.01. The smallest absolute Gasteiger partial charge is 0.325 e. The molecule has 0 radical (unpaired) electrons. The summed E-state index contributed by atoms with van der Waals surface area (Å²) in [5.74, 6) is -0.595. The number of hydrogen-bond donors (Lipinski definition) is 2. The van der Waals surface area contributed by atoms with Crippen LogP contribution in [-0.4, -0.2) is 52.8 Å². The van der Waals surface area contributed by atoms with Crippen LogP contribution in [0.5, 0.6) is 0 Å². The average molecular weight is 332 g/mol. The molecule has 130 valence electrons. The molecule has 1 aromatic rings. The Kier molecular flexibility index (Phi) is 5.56. The zero-order valence-electron chi connectivity index (χ0n) is 14.1. The molecule has 24 heavy (non-hydrogen) atoms. The van der Waals surface area contributed by atoms with E-state index in [4.69, 9.17) is 5.73 Å². The fourth-order valence-corrected chi connectivity index (χ4v) is 2.58. The summed E-state index contributed by atoms with van der Waals surface area (Å²) >= 11 is 0. The summed E-state index contributed by atoms with van der Waals surface area (Å²) in [6.45, 7) is 4.55. The number of benzene rings is 1. The summed E-state index contributed by atoms with van der Waals surface area (Å²) in [5.41, 5.74) is 5.54. The Hall–Kier alpha value is -2.41. The van der Waals surface area contributed by atoms with Crippen LogP contribution in [0.15, 0.2) is 30.3 Å². The van der Waals surface area contributed by atoms with Crippen LogP contribution >= 0.6 is 0 Å². The fraction of sp³-hybridized carbons (Fsp3) is 0.471. The van der Waals surface area contributed by atoms with Crippen molar-refractivity contribution in [2.75, 3.05) is 19.6 Å². The van der Waals surface area contributed by atoms with Crippen LogP contribution in [0.4, 0.5) is 4.79 Å². The van der Waals surface area contributed by atoms with Gasteiger partial charge in [0, 0.05) is 13.1 Å². The second-order valence-corrected chi connectivity index (χ2v) is 6.35. The summed E-state index contributed by atoms with van der Waals surface area (Å²) in [5, 5.41) is 2.25. The molecule has 2 rings (SSSR count). The number of nitrogens with two attached hydrogens (primary N) is 1. The maximum absolute atomic E-state index is 12.7. The van der Waals surface area contributed by atoms with Crippen LogP contribution in [0.3, 0.4) is 0 Å². The first-order chi connectivity index (χ1) is 11.4. The quantitative estimate of drug-likeness (QED) is 0.718. The van der Waals surface area contributed by atoms with E-state index in [0.29, 0.717) is 26.1 Å².